The van der Waals surface area contributed by atoms with Crippen molar-refractivity contribution in [1.29, 1.82) is 5.26 Å². The Kier molecular flexibility index (Phi) is 5.75. The normalized spacial score (nSPS) is 11.3. The number of aliphatic hydroxyl groups is 1. The second-order valence-electron chi connectivity index (χ2n) is 2.46. The Morgan fingerprint density at radius 2 is 2.21 bits per heavy atom. The SMILES string of the molecule is C=C(C=CCCO)C=C(C#N)C(=O)O. The molecule has 0 aliphatic carbocycles. The number of nitriles is 1. The standard InChI is InChI=1S/C10H11NO3/c1-8(4-2-3-5-12)6-9(7-11)10(13)14/h2,4,6,12H,1,3,5H2,(H,13,14). The molecule has 2 N–H and O–H groups in total. The van der Waals surface area contributed by atoms with E-state index in [1.165, 1.54) is 6.08 Å². The van der Waals surface area contributed by atoms with Crippen LogP contribution in [-0.4, -0.2) is 22.8 Å². The highest BCUT2D eigenvalue weighted by Crippen LogP contribution is 2.02. The predicted octanol–water partition coefficient (Wildman–Crippen LogP) is 1.02. The third kappa shape index (κ3) is 4.91. The van der Waals surface area contributed by atoms with Crippen molar-refractivity contribution in [1.82, 2.24) is 0 Å². The number of carbonyl (C=O) groups is 1. The van der Waals surface area contributed by atoms with E-state index in [0.717, 1.165) is 0 Å². The Balaban J connectivity index is 4.43. The highest BCUT2D eigenvalue weighted by Gasteiger charge is 2.04. The van der Waals surface area contributed by atoms with Gasteiger partial charge in [0, 0.05) is 6.61 Å². The van der Waals surface area contributed by atoms with E-state index in [2.05, 4.69) is 6.58 Å². The van der Waals surface area contributed by atoms with E-state index in [9.17, 15) is 4.79 Å². The molecule has 4 nitrogen and oxygen atoms in total. The topological polar surface area (TPSA) is 81.3 Å². The third-order valence-corrected chi connectivity index (χ3v) is 1.31. The highest BCUT2D eigenvalue weighted by molar-refractivity contribution is 5.91. The van der Waals surface area contributed by atoms with Crippen LogP contribution in [0.25, 0.3) is 0 Å². The van der Waals surface area contributed by atoms with Crippen LogP contribution < -0.4 is 0 Å². The number of nitrogens with zero attached hydrogens (tertiary/aromatic N) is 1. The molecule has 0 aromatic rings. The molecule has 0 amide bonds. The van der Waals surface area contributed by atoms with Crippen molar-refractivity contribution in [2.75, 3.05) is 6.61 Å². The summed E-state index contributed by atoms with van der Waals surface area (Å²) in [6, 6.07) is 1.54. The maximum atomic E-state index is 10.4. The van der Waals surface area contributed by atoms with Gasteiger partial charge in [-0.1, -0.05) is 18.7 Å². The fraction of sp³-hybridized carbons (Fsp3) is 0.200. The van der Waals surface area contributed by atoms with Crippen molar-refractivity contribution in [3.8, 4) is 6.07 Å². The average molecular weight is 193 g/mol. The summed E-state index contributed by atoms with van der Waals surface area (Å²) < 4.78 is 0. The van der Waals surface area contributed by atoms with Gasteiger partial charge in [0.05, 0.1) is 0 Å². The number of hydrogen-bond acceptors (Lipinski definition) is 3. The molecular formula is C10H11NO3. The molecule has 0 bridgehead atoms. The summed E-state index contributed by atoms with van der Waals surface area (Å²) in [5, 5.41) is 25.4. The van der Waals surface area contributed by atoms with Crippen LogP contribution in [0.3, 0.4) is 0 Å². The lowest BCUT2D eigenvalue weighted by Crippen LogP contribution is -1.97. The smallest absolute Gasteiger partial charge is 0.346 e. The number of aliphatic hydroxyl groups excluding tert-OH is 1. The summed E-state index contributed by atoms with van der Waals surface area (Å²) in [4.78, 5) is 10.4. The molecule has 4 heteroatoms. The van der Waals surface area contributed by atoms with Crippen LogP contribution >= 0.6 is 0 Å². The monoisotopic (exact) mass is 193 g/mol. The predicted molar refractivity (Wildman–Crippen MR) is 51.3 cm³/mol. The summed E-state index contributed by atoms with van der Waals surface area (Å²) in [5.74, 6) is -1.27. The zero-order chi connectivity index (χ0) is 11.0. The molecule has 0 saturated carbocycles. The first-order chi connectivity index (χ1) is 6.61. The Morgan fingerprint density at radius 3 is 2.64 bits per heavy atom. The van der Waals surface area contributed by atoms with Crippen molar-refractivity contribution < 1.29 is 15.0 Å². The van der Waals surface area contributed by atoms with Crippen LogP contribution in [0, 0.1) is 11.3 Å². The summed E-state index contributed by atoms with van der Waals surface area (Å²) in [7, 11) is 0. The summed E-state index contributed by atoms with van der Waals surface area (Å²) >= 11 is 0. The van der Waals surface area contributed by atoms with Crippen LogP contribution in [0.2, 0.25) is 0 Å². The molecule has 0 aliphatic rings. The Morgan fingerprint density at radius 1 is 1.57 bits per heavy atom. The van der Waals surface area contributed by atoms with Crippen molar-refractivity contribution in [3.63, 3.8) is 0 Å². The van der Waals surface area contributed by atoms with E-state index in [-0.39, 0.29) is 12.2 Å². The van der Waals surface area contributed by atoms with Crippen molar-refractivity contribution >= 4 is 5.97 Å². The fourth-order valence-electron chi connectivity index (χ4n) is 0.685. The van der Waals surface area contributed by atoms with Gasteiger partial charge in [-0.15, -0.1) is 0 Å². The molecule has 74 valence electrons. The number of allylic oxidation sites excluding steroid dienone is 3. The van der Waals surface area contributed by atoms with E-state index in [1.54, 1.807) is 18.2 Å². The number of carboxylic acid groups (broad SMARTS) is 1. The van der Waals surface area contributed by atoms with E-state index in [4.69, 9.17) is 15.5 Å². The largest absolute Gasteiger partial charge is 0.477 e. The maximum Gasteiger partial charge on any atom is 0.346 e. The van der Waals surface area contributed by atoms with Gasteiger partial charge in [-0.05, 0) is 18.1 Å². The average Bonchev–Trinajstić information content (AvgIpc) is 2.14. The first-order valence-electron chi connectivity index (χ1n) is 3.93. The van der Waals surface area contributed by atoms with Crippen molar-refractivity contribution in [2.45, 2.75) is 6.42 Å². The third-order valence-electron chi connectivity index (χ3n) is 1.31. The molecule has 0 fully saturated rings. The second kappa shape index (κ2) is 6.63. The van der Waals surface area contributed by atoms with Gasteiger partial charge in [-0.3, -0.25) is 0 Å². The molecule has 0 unspecified atom stereocenters. The number of aliphatic carboxylic acids is 1. The van der Waals surface area contributed by atoms with Crippen LogP contribution in [0.4, 0.5) is 0 Å². The lowest BCUT2D eigenvalue weighted by molar-refractivity contribution is -0.132. The molecule has 0 aromatic carbocycles. The van der Waals surface area contributed by atoms with Crippen LogP contribution in [0.1, 0.15) is 6.42 Å². The molecular weight excluding hydrogens is 182 g/mol. The van der Waals surface area contributed by atoms with E-state index in [1.807, 2.05) is 0 Å². The minimum Gasteiger partial charge on any atom is -0.477 e. The van der Waals surface area contributed by atoms with Gasteiger partial charge in [0.15, 0.2) is 0 Å². The van der Waals surface area contributed by atoms with Crippen LogP contribution in [0.15, 0.2) is 36.0 Å². The molecule has 14 heavy (non-hydrogen) atoms. The van der Waals surface area contributed by atoms with E-state index in [0.29, 0.717) is 12.0 Å². The molecule has 0 saturated heterocycles. The van der Waals surface area contributed by atoms with Crippen LogP contribution in [-0.2, 0) is 4.79 Å². The lowest BCUT2D eigenvalue weighted by Gasteiger charge is -1.91. The summed E-state index contributed by atoms with van der Waals surface area (Å²) in [6.45, 7) is 3.56. The number of rotatable bonds is 5. The van der Waals surface area contributed by atoms with E-state index < -0.39 is 5.97 Å². The summed E-state index contributed by atoms with van der Waals surface area (Å²) in [6.07, 6.45) is 4.85. The van der Waals surface area contributed by atoms with Gasteiger partial charge in [-0.25, -0.2) is 4.79 Å². The summed E-state index contributed by atoms with van der Waals surface area (Å²) in [5.41, 5.74) is 0.0565. The first-order valence-corrected chi connectivity index (χ1v) is 3.93. The Hall–Kier alpha value is -1.86. The zero-order valence-electron chi connectivity index (χ0n) is 7.60. The molecule has 0 aromatic heterocycles. The molecule has 0 rings (SSSR count). The Labute approximate surface area is 82.1 Å². The van der Waals surface area contributed by atoms with Gasteiger partial charge >= 0.3 is 5.97 Å². The van der Waals surface area contributed by atoms with Gasteiger partial charge in [0.2, 0.25) is 0 Å². The number of carboxylic acids is 1. The van der Waals surface area contributed by atoms with Gasteiger partial charge in [-0.2, -0.15) is 5.26 Å². The minimum absolute atomic E-state index is 0.0253. The van der Waals surface area contributed by atoms with Gasteiger partial charge in [0.1, 0.15) is 11.6 Å². The molecule has 0 spiro atoms. The minimum atomic E-state index is -1.27. The first kappa shape index (κ1) is 12.1. The highest BCUT2D eigenvalue weighted by atomic mass is 16.4. The van der Waals surface area contributed by atoms with Crippen molar-refractivity contribution in [3.05, 3.63) is 36.0 Å². The lowest BCUT2D eigenvalue weighted by atomic mass is 10.1. The quantitative estimate of drug-likeness (QED) is 0.388. The van der Waals surface area contributed by atoms with Crippen LogP contribution in [0.5, 0.6) is 0 Å². The van der Waals surface area contributed by atoms with Gasteiger partial charge < -0.3 is 10.2 Å². The molecule has 0 atom stereocenters. The van der Waals surface area contributed by atoms with Gasteiger partial charge in [0.25, 0.3) is 0 Å². The maximum absolute atomic E-state index is 10.4. The second-order valence-corrected chi connectivity index (χ2v) is 2.46. The van der Waals surface area contributed by atoms with Crippen molar-refractivity contribution in [2.24, 2.45) is 0 Å². The molecule has 0 heterocycles. The Bertz CT molecular complexity index is 321. The molecule has 0 radical (unpaired) electrons. The molecule has 0 aliphatic heterocycles. The number of hydrogen-bond donors (Lipinski definition) is 2. The van der Waals surface area contributed by atoms with E-state index >= 15 is 0 Å². The zero-order valence-corrected chi connectivity index (χ0v) is 7.60. The fourth-order valence-corrected chi connectivity index (χ4v) is 0.685.